The van der Waals surface area contributed by atoms with Gasteiger partial charge >= 0.3 is 0 Å². The van der Waals surface area contributed by atoms with E-state index in [-0.39, 0.29) is 12.5 Å². The first-order chi connectivity index (χ1) is 8.19. The summed E-state index contributed by atoms with van der Waals surface area (Å²) in [5.41, 5.74) is 0. The number of rotatable bonds is 3. The first-order valence-electron chi connectivity index (χ1n) is 5.71. The highest BCUT2D eigenvalue weighted by molar-refractivity contribution is 7.11. The van der Waals surface area contributed by atoms with Crippen molar-refractivity contribution in [2.45, 2.75) is 20.1 Å². The van der Waals surface area contributed by atoms with Gasteiger partial charge < -0.3 is 10.0 Å². The second kappa shape index (κ2) is 5.57. The maximum Gasteiger partial charge on any atom is 0.219 e. The molecule has 0 spiro atoms. The largest absolute Gasteiger partial charge is 0.391 e. The zero-order valence-electron chi connectivity index (χ0n) is 9.93. The zero-order valence-corrected chi connectivity index (χ0v) is 10.7. The topological polar surface area (TPSA) is 56.7 Å². The molecule has 1 N–H and O–H groups in total. The maximum atomic E-state index is 11.2. The van der Waals surface area contributed by atoms with E-state index < -0.39 is 0 Å². The number of aliphatic hydroxyl groups excluding tert-OH is 1. The van der Waals surface area contributed by atoms with Gasteiger partial charge in [0, 0.05) is 39.3 Å². The molecule has 0 aromatic carbocycles. The van der Waals surface area contributed by atoms with Gasteiger partial charge in [-0.2, -0.15) is 0 Å². The second-order valence-corrected chi connectivity index (χ2v) is 5.36. The van der Waals surface area contributed by atoms with E-state index in [1.807, 2.05) is 4.90 Å². The summed E-state index contributed by atoms with van der Waals surface area (Å²) >= 11 is 1.55. The number of hydrogen-bond donors (Lipinski definition) is 1. The first-order valence-corrected chi connectivity index (χ1v) is 6.53. The van der Waals surface area contributed by atoms with Crippen molar-refractivity contribution in [3.63, 3.8) is 0 Å². The van der Waals surface area contributed by atoms with E-state index in [2.05, 4.69) is 9.88 Å². The highest BCUT2D eigenvalue weighted by atomic mass is 32.1. The Kier molecular flexibility index (Phi) is 4.09. The summed E-state index contributed by atoms with van der Waals surface area (Å²) in [6, 6.07) is 0. The summed E-state index contributed by atoms with van der Waals surface area (Å²) in [5, 5.41) is 10.00. The molecule has 6 heteroatoms. The zero-order chi connectivity index (χ0) is 12.3. The maximum absolute atomic E-state index is 11.2. The predicted octanol–water partition coefficient (Wildman–Crippen LogP) is 0.299. The summed E-state index contributed by atoms with van der Waals surface area (Å²) in [4.78, 5) is 20.5. The summed E-state index contributed by atoms with van der Waals surface area (Å²) in [7, 11) is 0. The Bertz CT molecular complexity index is 386. The van der Waals surface area contributed by atoms with Gasteiger partial charge in [0.05, 0.1) is 18.0 Å². The predicted molar refractivity (Wildman–Crippen MR) is 65.6 cm³/mol. The first kappa shape index (κ1) is 12.5. The van der Waals surface area contributed by atoms with E-state index >= 15 is 0 Å². The molecule has 94 valence electrons. The van der Waals surface area contributed by atoms with E-state index in [0.29, 0.717) is 0 Å². The van der Waals surface area contributed by atoms with E-state index in [1.54, 1.807) is 24.5 Å². The fraction of sp³-hybridized carbons (Fsp3) is 0.636. The van der Waals surface area contributed by atoms with Crippen LogP contribution in [0.25, 0.3) is 0 Å². The van der Waals surface area contributed by atoms with Crippen molar-refractivity contribution in [1.29, 1.82) is 0 Å². The van der Waals surface area contributed by atoms with Gasteiger partial charge in [0.25, 0.3) is 0 Å². The molecule has 1 fully saturated rings. The van der Waals surface area contributed by atoms with Crippen LogP contribution in [0, 0.1) is 0 Å². The van der Waals surface area contributed by atoms with Gasteiger partial charge in [-0.05, 0) is 0 Å². The van der Waals surface area contributed by atoms with Gasteiger partial charge in [0.1, 0.15) is 5.01 Å². The molecular weight excluding hydrogens is 238 g/mol. The van der Waals surface area contributed by atoms with Crippen molar-refractivity contribution >= 4 is 17.2 Å². The van der Waals surface area contributed by atoms with Gasteiger partial charge in [0.15, 0.2) is 0 Å². The lowest BCUT2D eigenvalue weighted by Crippen LogP contribution is -2.47. The number of amides is 1. The van der Waals surface area contributed by atoms with Gasteiger partial charge in [-0.3, -0.25) is 9.69 Å². The van der Waals surface area contributed by atoms with Gasteiger partial charge in [-0.1, -0.05) is 0 Å². The molecule has 1 aromatic heterocycles. The standard InChI is InChI=1S/C11H17N3O2S/c1-9(16)14-4-2-13(3-5-14)7-11-12-6-10(8-15)17-11/h6,15H,2-5,7-8H2,1H3. The molecule has 1 aliphatic rings. The lowest BCUT2D eigenvalue weighted by molar-refractivity contribution is -0.130. The molecule has 0 aliphatic carbocycles. The van der Waals surface area contributed by atoms with Crippen LogP contribution in [-0.2, 0) is 17.9 Å². The van der Waals surface area contributed by atoms with Crippen LogP contribution in [0.3, 0.4) is 0 Å². The van der Waals surface area contributed by atoms with Crippen LogP contribution < -0.4 is 0 Å². The normalized spacial score (nSPS) is 17.4. The van der Waals surface area contributed by atoms with E-state index in [9.17, 15) is 4.79 Å². The van der Waals surface area contributed by atoms with Crippen LogP contribution in [0.2, 0.25) is 0 Å². The fourth-order valence-electron chi connectivity index (χ4n) is 1.91. The Hall–Kier alpha value is -0.980. The SMILES string of the molecule is CC(=O)N1CCN(Cc2ncc(CO)s2)CC1. The quantitative estimate of drug-likeness (QED) is 0.844. The number of nitrogens with zero attached hydrogens (tertiary/aromatic N) is 3. The molecule has 2 heterocycles. The number of carbonyl (C=O) groups excluding carboxylic acids is 1. The van der Waals surface area contributed by atoms with Crippen LogP contribution >= 0.6 is 11.3 Å². The molecule has 2 rings (SSSR count). The third kappa shape index (κ3) is 3.24. The summed E-state index contributed by atoms with van der Waals surface area (Å²) in [5.74, 6) is 0.154. The molecule has 1 amide bonds. The molecule has 17 heavy (non-hydrogen) atoms. The van der Waals surface area contributed by atoms with Crippen LogP contribution in [0.4, 0.5) is 0 Å². The van der Waals surface area contributed by atoms with Crippen molar-refractivity contribution in [2.75, 3.05) is 26.2 Å². The fourth-order valence-corrected chi connectivity index (χ4v) is 2.73. The number of aromatic nitrogens is 1. The van der Waals surface area contributed by atoms with Gasteiger partial charge in [-0.25, -0.2) is 4.98 Å². The Labute approximate surface area is 105 Å². The van der Waals surface area contributed by atoms with Gasteiger partial charge in [-0.15, -0.1) is 11.3 Å². The monoisotopic (exact) mass is 255 g/mol. The molecule has 0 radical (unpaired) electrons. The van der Waals surface area contributed by atoms with Crippen molar-refractivity contribution < 1.29 is 9.90 Å². The number of aliphatic hydroxyl groups is 1. The van der Waals surface area contributed by atoms with Crippen molar-refractivity contribution in [3.05, 3.63) is 16.1 Å². The lowest BCUT2D eigenvalue weighted by Gasteiger charge is -2.33. The van der Waals surface area contributed by atoms with Crippen LogP contribution in [0.5, 0.6) is 0 Å². The van der Waals surface area contributed by atoms with Crippen molar-refractivity contribution in [3.8, 4) is 0 Å². The third-order valence-corrected chi connectivity index (χ3v) is 3.90. The van der Waals surface area contributed by atoms with Crippen LogP contribution in [-0.4, -0.2) is 52.0 Å². The van der Waals surface area contributed by atoms with Crippen molar-refractivity contribution in [2.24, 2.45) is 0 Å². The number of hydrogen-bond acceptors (Lipinski definition) is 5. The molecule has 0 atom stereocenters. The van der Waals surface area contributed by atoms with Crippen LogP contribution in [0.15, 0.2) is 6.20 Å². The molecule has 0 bridgehead atoms. The van der Waals surface area contributed by atoms with E-state index in [4.69, 9.17) is 5.11 Å². The van der Waals surface area contributed by atoms with E-state index in [1.165, 1.54) is 0 Å². The molecule has 5 nitrogen and oxygen atoms in total. The molecule has 0 unspecified atom stereocenters. The number of carbonyl (C=O) groups is 1. The van der Waals surface area contributed by atoms with Crippen molar-refractivity contribution in [1.82, 2.24) is 14.8 Å². The molecule has 1 aromatic rings. The molecule has 0 saturated carbocycles. The minimum atomic E-state index is 0.0653. The third-order valence-electron chi connectivity index (χ3n) is 2.93. The molecule has 1 aliphatic heterocycles. The van der Waals surface area contributed by atoms with Gasteiger partial charge in [0.2, 0.25) is 5.91 Å². The Morgan fingerprint density at radius 2 is 2.18 bits per heavy atom. The Morgan fingerprint density at radius 1 is 1.47 bits per heavy atom. The lowest BCUT2D eigenvalue weighted by atomic mass is 10.3. The summed E-state index contributed by atoms with van der Waals surface area (Å²) in [6.45, 7) is 5.89. The number of thiazole rings is 1. The minimum absolute atomic E-state index is 0.0653. The summed E-state index contributed by atoms with van der Waals surface area (Å²) < 4.78 is 0. The Balaban J connectivity index is 1.83. The molecular formula is C11H17N3O2S. The molecule has 1 saturated heterocycles. The highest BCUT2D eigenvalue weighted by Gasteiger charge is 2.19. The average Bonchev–Trinajstić information content (AvgIpc) is 2.77. The average molecular weight is 255 g/mol. The Morgan fingerprint density at radius 3 is 2.71 bits per heavy atom. The highest BCUT2D eigenvalue weighted by Crippen LogP contribution is 2.15. The second-order valence-electron chi connectivity index (χ2n) is 4.16. The van der Waals surface area contributed by atoms with Crippen LogP contribution in [0.1, 0.15) is 16.8 Å². The number of piperazine rings is 1. The smallest absolute Gasteiger partial charge is 0.219 e. The minimum Gasteiger partial charge on any atom is -0.391 e. The summed E-state index contributed by atoms with van der Waals surface area (Å²) in [6.07, 6.45) is 1.73. The van der Waals surface area contributed by atoms with E-state index in [0.717, 1.165) is 42.6 Å².